The van der Waals surface area contributed by atoms with Crippen LogP contribution in [0.25, 0.3) is 0 Å². The van der Waals surface area contributed by atoms with E-state index in [0.717, 1.165) is 32.2 Å². The van der Waals surface area contributed by atoms with Gasteiger partial charge < -0.3 is 11.1 Å². The summed E-state index contributed by atoms with van der Waals surface area (Å²) in [6.45, 7) is 7.57. The molecule has 1 heterocycles. The Morgan fingerprint density at radius 1 is 1.54 bits per heavy atom. The summed E-state index contributed by atoms with van der Waals surface area (Å²) in [6, 6.07) is 0.734. The smallest absolute Gasteiger partial charge is 0.0221 e. The summed E-state index contributed by atoms with van der Waals surface area (Å²) in [6.07, 6.45) is 3.96. The Labute approximate surface area is 81.7 Å². The van der Waals surface area contributed by atoms with Gasteiger partial charge in [0.25, 0.3) is 0 Å². The van der Waals surface area contributed by atoms with Gasteiger partial charge in [0.2, 0.25) is 0 Å². The molecular formula is C10H23N3. The summed E-state index contributed by atoms with van der Waals surface area (Å²) in [5, 5.41) is 3.45. The lowest BCUT2D eigenvalue weighted by Crippen LogP contribution is -2.52. The number of unbranched alkanes of at least 4 members (excludes halogenated alkanes) is 1. The SMILES string of the molecule is CCCCC1CNCCN1CCN. The number of hydrogen-bond donors (Lipinski definition) is 2. The molecule has 0 aromatic rings. The Hall–Kier alpha value is -0.120. The second kappa shape index (κ2) is 6.35. The van der Waals surface area contributed by atoms with Crippen LogP contribution in [-0.2, 0) is 0 Å². The first-order chi connectivity index (χ1) is 6.38. The summed E-state index contributed by atoms with van der Waals surface area (Å²) >= 11 is 0. The average molecular weight is 185 g/mol. The van der Waals surface area contributed by atoms with Gasteiger partial charge in [-0.05, 0) is 6.42 Å². The van der Waals surface area contributed by atoms with E-state index in [9.17, 15) is 0 Å². The van der Waals surface area contributed by atoms with Gasteiger partial charge in [-0.3, -0.25) is 4.90 Å². The number of nitrogens with zero attached hydrogens (tertiary/aromatic N) is 1. The Morgan fingerprint density at radius 3 is 3.08 bits per heavy atom. The van der Waals surface area contributed by atoms with Crippen LogP contribution in [0.4, 0.5) is 0 Å². The third-order valence-electron chi connectivity index (χ3n) is 2.78. The predicted octanol–water partition coefficient (Wildman–Crippen LogP) is 0.409. The lowest BCUT2D eigenvalue weighted by Gasteiger charge is -2.36. The summed E-state index contributed by atoms with van der Waals surface area (Å²) in [5.74, 6) is 0. The van der Waals surface area contributed by atoms with Crippen molar-refractivity contribution in [3.63, 3.8) is 0 Å². The maximum Gasteiger partial charge on any atom is 0.0221 e. The molecule has 0 radical (unpaired) electrons. The zero-order chi connectivity index (χ0) is 9.52. The molecule has 0 aliphatic carbocycles. The van der Waals surface area contributed by atoms with Crippen LogP contribution in [0.1, 0.15) is 26.2 Å². The van der Waals surface area contributed by atoms with Gasteiger partial charge in [-0.1, -0.05) is 19.8 Å². The molecule has 1 saturated heterocycles. The minimum Gasteiger partial charge on any atom is -0.329 e. The van der Waals surface area contributed by atoms with Crippen LogP contribution in [-0.4, -0.2) is 43.7 Å². The molecule has 1 rings (SSSR count). The van der Waals surface area contributed by atoms with Gasteiger partial charge in [-0.2, -0.15) is 0 Å². The number of nitrogens with one attached hydrogen (secondary N) is 1. The zero-order valence-electron chi connectivity index (χ0n) is 8.76. The van der Waals surface area contributed by atoms with Gasteiger partial charge in [0.15, 0.2) is 0 Å². The van der Waals surface area contributed by atoms with Gasteiger partial charge >= 0.3 is 0 Å². The monoisotopic (exact) mass is 185 g/mol. The fourth-order valence-corrected chi connectivity index (χ4v) is 1.99. The van der Waals surface area contributed by atoms with Crippen LogP contribution in [0.2, 0.25) is 0 Å². The second-order valence-corrected chi connectivity index (χ2v) is 3.82. The molecule has 3 nitrogen and oxygen atoms in total. The summed E-state index contributed by atoms with van der Waals surface area (Å²) < 4.78 is 0. The molecule has 0 spiro atoms. The minimum atomic E-state index is 0.734. The third-order valence-corrected chi connectivity index (χ3v) is 2.78. The summed E-state index contributed by atoms with van der Waals surface area (Å²) in [7, 11) is 0. The molecule has 0 amide bonds. The quantitative estimate of drug-likeness (QED) is 0.652. The topological polar surface area (TPSA) is 41.3 Å². The normalized spacial score (nSPS) is 24.9. The molecule has 0 aromatic heterocycles. The van der Waals surface area contributed by atoms with E-state index in [0.29, 0.717) is 0 Å². The average Bonchev–Trinajstić information content (AvgIpc) is 2.17. The first-order valence-electron chi connectivity index (χ1n) is 5.53. The number of hydrogen-bond acceptors (Lipinski definition) is 3. The Bertz CT molecular complexity index is 125. The van der Waals surface area contributed by atoms with Crippen molar-refractivity contribution in [2.75, 3.05) is 32.7 Å². The molecule has 1 aliphatic rings. The first kappa shape index (κ1) is 11.0. The molecule has 3 heteroatoms. The van der Waals surface area contributed by atoms with E-state index in [-0.39, 0.29) is 0 Å². The lowest BCUT2D eigenvalue weighted by molar-refractivity contribution is 0.155. The van der Waals surface area contributed by atoms with Crippen molar-refractivity contribution in [2.45, 2.75) is 32.2 Å². The number of nitrogens with two attached hydrogens (primary N) is 1. The molecule has 1 unspecified atom stereocenters. The van der Waals surface area contributed by atoms with Crippen molar-refractivity contribution < 1.29 is 0 Å². The van der Waals surface area contributed by atoms with Crippen LogP contribution < -0.4 is 11.1 Å². The Kier molecular flexibility index (Phi) is 5.35. The fraction of sp³-hybridized carbons (Fsp3) is 1.00. The van der Waals surface area contributed by atoms with Crippen LogP contribution in [0, 0.1) is 0 Å². The Balaban J connectivity index is 2.28. The summed E-state index contributed by atoms with van der Waals surface area (Å²) in [5.41, 5.74) is 5.59. The largest absolute Gasteiger partial charge is 0.329 e. The lowest BCUT2D eigenvalue weighted by atomic mass is 10.1. The molecule has 3 N–H and O–H groups in total. The van der Waals surface area contributed by atoms with E-state index in [2.05, 4.69) is 17.1 Å². The van der Waals surface area contributed by atoms with Crippen LogP contribution in [0.15, 0.2) is 0 Å². The van der Waals surface area contributed by atoms with Crippen molar-refractivity contribution in [2.24, 2.45) is 5.73 Å². The van der Waals surface area contributed by atoms with Gasteiger partial charge in [-0.15, -0.1) is 0 Å². The maximum absolute atomic E-state index is 5.59. The van der Waals surface area contributed by atoms with Crippen LogP contribution in [0.5, 0.6) is 0 Å². The van der Waals surface area contributed by atoms with E-state index in [1.165, 1.54) is 25.8 Å². The minimum absolute atomic E-state index is 0.734. The molecule has 0 saturated carbocycles. The van der Waals surface area contributed by atoms with Crippen molar-refractivity contribution >= 4 is 0 Å². The highest BCUT2D eigenvalue weighted by atomic mass is 15.2. The molecule has 78 valence electrons. The van der Waals surface area contributed by atoms with Crippen LogP contribution in [0.3, 0.4) is 0 Å². The van der Waals surface area contributed by atoms with E-state index in [1.54, 1.807) is 0 Å². The van der Waals surface area contributed by atoms with E-state index >= 15 is 0 Å². The first-order valence-corrected chi connectivity index (χ1v) is 5.53. The highest BCUT2D eigenvalue weighted by Crippen LogP contribution is 2.09. The van der Waals surface area contributed by atoms with E-state index in [4.69, 9.17) is 5.73 Å². The van der Waals surface area contributed by atoms with Gasteiger partial charge in [0.05, 0.1) is 0 Å². The highest BCUT2D eigenvalue weighted by Gasteiger charge is 2.20. The molecule has 1 atom stereocenters. The number of rotatable bonds is 5. The van der Waals surface area contributed by atoms with Crippen molar-refractivity contribution in [1.82, 2.24) is 10.2 Å². The standard InChI is InChI=1S/C10H23N3/c1-2-3-4-10-9-12-6-8-13(10)7-5-11/h10,12H,2-9,11H2,1H3. The van der Waals surface area contributed by atoms with Gasteiger partial charge in [-0.25, -0.2) is 0 Å². The molecule has 1 fully saturated rings. The zero-order valence-corrected chi connectivity index (χ0v) is 8.76. The molecule has 1 aliphatic heterocycles. The van der Waals surface area contributed by atoms with Crippen LogP contribution >= 0.6 is 0 Å². The van der Waals surface area contributed by atoms with E-state index in [1.807, 2.05) is 0 Å². The fourth-order valence-electron chi connectivity index (χ4n) is 1.99. The van der Waals surface area contributed by atoms with Crippen molar-refractivity contribution in [3.05, 3.63) is 0 Å². The summed E-state index contributed by atoms with van der Waals surface area (Å²) in [4.78, 5) is 2.53. The number of piperazine rings is 1. The molecule has 0 bridgehead atoms. The maximum atomic E-state index is 5.59. The molecule has 13 heavy (non-hydrogen) atoms. The third kappa shape index (κ3) is 3.63. The second-order valence-electron chi connectivity index (χ2n) is 3.82. The van der Waals surface area contributed by atoms with E-state index < -0.39 is 0 Å². The van der Waals surface area contributed by atoms with Crippen molar-refractivity contribution in [1.29, 1.82) is 0 Å². The van der Waals surface area contributed by atoms with Gasteiger partial charge in [0, 0.05) is 38.8 Å². The molecule has 0 aromatic carbocycles. The Morgan fingerprint density at radius 2 is 2.38 bits per heavy atom. The molecular weight excluding hydrogens is 162 g/mol. The van der Waals surface area contributed by atoms with Crippen molar-refractivity contribution in [3.8, 4) is 0 Å². The van der Waals surface area contributed by atoms with Gasteiger partial charge in [0.1, 0.15) is 0 Å². The highest BCUT2D eigenvalue weighted by molar-refractivity contribution is 4.79. The predicted molar refractivity (Wildman–Crippen MR) is 56.8 cm³/mol.